The van der Waals surface area contributed by atoms with Crippen LogP contribution in [0.3, 0.4) is 0 Å². The Hall–Kier alpha value is -1.59. The van der Waals surface area contributed by atoms with Crippen LogP contribution in [0.4, 0.5) is 0 Å². The first-order valence-corrected chi connectivity index (χ1v) is 6.41. The third kappa shape index (κ3) is 3.24. The fraction of sp³-hybridized carbons (Fsp3) is 0.500. The van der Waals surface area contributed by atoms with E-state index in [0.29, 0.717) is 18.2 Å². The molecular formula is C14H20N2O3. The molecule has 0 aliphatic carbocycles. The number of carbonyl (C=O) groups is 1. The second-order valence-electron chi connectivity index (χ2n) is 5.27. The Morgan fingerprint density at radius 1 is 1.37 bits per heavy atom. The van der Waals surface area contributed by atoms with Gasteiger partial charge < -0.3 is 15.1 Å². The Bertz CT molecular complexity index is 474. The molecule has 1 aliphatic heterocycles. The zero-order chi connectivity index (χ0) is 14.0. The highest BCUT2D eigenvalue weighted by molar-refractivity contribution is 5.98. The Kier molecular flexibility index (Phi) is 4.07. The quantitative estimate of drug-likeness (QED) is 0.625. The molecule has 0 bridgehead atoms. The second-order valence-corrected chi connectivity index (χ2v) is 5.27. The lowest BCUT2D eigenvalue weighted by atomic mass is 10.1. The van der Waals surface area contributed by atoms with Crippen molar-refractivity contribution in [3.8, 4) is 11.5 Å². The van der Waals surface area contributed by atoms with Crippen molar-refractivity contribution in [3.63, 3.8) is 0 Å². The van der Waals surface area contributed by atoms with Gasteiger partial charge in [-0.1, -0.05) is 0 Å². The molecule has 0 radical (unpaired) electrons. The van der Waals surface area contributed by atoms with Gasteiger partial charge in [0.1, 0.15) is 0 Å². The van der Waals surface area contributed by atoms with Crippen molar-refractivity contribution in [1.29, 1.82) is 0 Å². The van der Waals surface area contributed by atoms with E-state index in [1.165, 1.54) is 18.2 Å². The number of rotatable bonds is 4. The molecule has 2 rings (SSSR count). The number of phenolic OH excluding ortho intramolecular Hbond substituents is 2. The summed E-state index contributed by atoms with van der Waals surface area (Å²) in [6, 6.07) is 4.70. The number of aromatic hydroxyl groups is 2. The summed E-state index contributed by atoms with van der Waals surface area (Å²) in [6.45, 7) is 2.16. The maximum Gasteiger partial charge on any atom is 0.176 e. The summed E-state index contributed by atoms with van der Waals surface area (Å²) < 4.78 is 0. The predicted molar refractivity (Wildman–Crippen MR) is 72.6 cm³/mol. The summed E-state index contributed by atoms with van der Waals surface area (Å²) in [5, 5.41) is 18.6. The minimum Gasteiger partial charge on any atom is -0.504 e. The molecule has 19 heavy (non-hydrogen) atoms. The molecule has 1 fully saturated rings. The molecule has 1 aromatic carbocycles. The molecule has 0 aromatic heterocycles. The van der Waals surface area contributed by atoms with Crippen LogP contribution < -0.4 is 0 Å². The lowest BCUT2D eigenvalue weighted by molar-refractivity contribution is 0.0941. The van der Waals surface area contributed by atoms with Crippen molar-refractivity contribution in [2.75, 3.05) is 33.7 Å². The van der Waals surface area contributed by atoms with Crippen molar-refractivity contribution < 1.29 is 15.0 Å². The maximum atomic E-state index is 12.1. The van der Waals surface area contributed by atoms with Crippen molar-refractivity contribution in [2.24, 2.45) is 0 Å². The van der Waals surface area contributed by atoms with E-state index in [4.69, 9.17) is 0 Å². The summed E-state index contributed by atoms with van der Waals surface area (Å²) in [5.41, 5.74) is 0.434. The van der Waals surface area contributed by atoms with Crippen LogP contribution in [0.5, 0.6) is 11.5 Å². The highest BCUT2D eigenvalue weighted by atomic mass is 16.3. The molecule has 0 amide bonds. The van der Waals surface area contributed by atoms with Crippen molar-refractivity contribution in [2.45, 2.75) is 12.5 Å². The van der Waals surface area contributed by atoms with Gasteiger partial charge in [-0.3, -0.25) is 9.69 Å². The fourth-order valence-corrected chi connectivity index (χ4v) is 2.37. The number of Topliss-reactive ketones (excluding diaryl/α,β-unsaturated/α-hetero) is 1. The molecule has 1 atom stereocenters. The number of hydrogen-bond donors (Lipinski definition) is 2. The van der Waals surface area contributed by atoms with Gasteiger partial charge in [0.15, 0.2) is 17.3 Å². The number of ketones is 1. The molecule has 1 aromatic rings. The molecular weight excluding hydrogens is 244 g/mol. The average Bonchev–Trinajstić information content (AvgIpc) is 2.81. The highest BCUT2D eigenvalue weighted by Gasteiger charge is 2.25. The third-order valence-corrected chi connectivity index (χ3v) is 3.64. The number of benzene rings is 1. The van der Waals surface area contributed by atoms with Gasteiger partial charge in [0.2, 0.25) is 0 Å². The first kappa shape index (κ1) is 13.8. The molecule has 1 aliphatic rings. The third-order valence-electron chi connectivity index (χ3n) is 3.64. The van der Waals surface area contributed by atoms with Crippen LogP contribution in [0.2, 0.25) is 0 Å². The van der Waals surface area contributed by atoms with E-state index in [9.17, 15) is 15.0 Å². The van der Waals surface area contributed by atoms with Gasteiger partial charge in [0.05, 0.1) is 6.54 Å². The SMILES string of the molecule is CN(C)C1CCN(CC(=O)c2ccc(O)c(O)c2)C1. The van der Waals surface area contributed by atoms with Crippen LogP contribution in [-0.4, -0.2) is 65.6 Å². The number of phenols is 2. The summed E-state index contributed by atoms with van der Waals surface area (Å²) >= 11 is 0. The van der Waals surface area contributed by atoms with Crippen LogP contribution in [-0.2, 0) is 0 Å². The first-order chi connectivity index (χ1) is 8.97. The maximum absolute atomic E-state index is 12.1. The van der Waals surface area contributed by atoms with E-state index >= 15 is 0 Å². The normalized spacial score (nSPS) is 20.1. The molecule has 1 heterocycles. The van der Waals surface area contributed by atoms with Crippen molar-refractivity contribution >= 4 is 5.78 Å². The topological polar surface area (TPSA) is 64.0 Å². The lowest BCUT2D eigenvalue weighted by Crippen LogP contribution is -2.33. The number of hydrogen-bond acceptors (Lipinski definition) is 5. The minimum absolute atomic E-state index is 0.0327. The summed E-state index contributed by atoms with van der Waals surface area (Å²) in [5.74, 6) is -0.487. The smallest absolute Gasteiger partial charge is 0.176 e. The molecule has 2 N–H and O–H groups in total. The van der Waals surface area contributed by atoms with Gasteiger partial charge in [0.25, 0.3) is 0 Å². The number of likely N-dealkylation sites (tertiary alicyclic amines) is 1. The van der Waals surface area contributed by atoms with E-state index in [1.807, 2.05) is 14.1 Å². The Morgan fingerprint density at radius 2 is 2.11 bits per heavy atom. The van der Waals surface area contributed by atoms with Crippen LogP contribution in [0, 0.1) is 0 Å². The largest absolute Gasteiger partial charge is 0.504 e. The average molecular weight is 264 g/mol. The van der Waals surface area contributed by atoms with Gasteiger partial charge in [0, 0.05) is 24.7 Å². The van der Waals surface area contributed by atoms with Crippen LogP contribution in [0.15, 0.2) is 18.2 Å². The minimum atomic E-state index is -0.251. The second kappa shape index (κ2) is 5.59. The Morgan fingerprint density at radius 3 is 2.68 bits per heavy atom. The summed E-state index contributed by atoms with van der Waals surface area (Å²) in [7, 11) is 4.10. The van der Waals surface area contributed by atoms with Gasteiger partial charge in [-0.2, -0.15) is 0 Å². The van der Waals surface area contributed by atoms with Crippen molar-refractivity contribution in [3.05, 3.63) is 23.8 Å². The molecule has 5 nitrogen and oxygen atoms in total. The van der Waals surface area contributed by atoms with Crippen LogP contribution in [0.25, 0.3) is 0 Å². The number of carbonyl (C=O) groups excluding carboxylic acids is 1. The highest BCUT2D eigenvalue weighted by Crippen LogP contribution is 2.25. The van der Waals surface area contributed by atoms with Gasteiger partial charge in [-0.05, 0) is 38.7 Å². The predicted octanol–water partition coefficient (Wildman–Crippen LogP) is 0.916. The molecule has 1 saturated heterocycles. The van der Waals surface area contributed by atoms with E-state index < -0.39 is 0 Å². The summed E-state index contributed by atoms with van der Waals surface area (Å²) in [6.07, 6.45) is 1.07. The van der Waals surface area contributed by atoms with E-state index in [2.05, 4.69) is 9.80 Å². The van der Waals surface area contributed by atoms with Crippen molar-refractivity contribution in [1.82, 2.24) is 9.80 Å². The lowest BCUT2D eigenvalue weighted by Gasteiger charge is -2.19. The fourth-order valence-electron chi connectivity index (χ4n) is 2.37. The van der Waals surface area contributed by atoms with Gasteiger partial charge in [-0.15, -0.1) is 0 Å². The number of likely N-dealkylation sites (N-methyl/N-ethyl adjacent to an activating group) is 1. The standard InChI is InChI=1S/C14H20N2O3/c1-15(2)11-5-6-16(8-11)9-14(19)10-3-4-12(17)13(18)7-10/h3-4,7,11,17-18H,5-6,8-9H2,1-2H3. The monoisotopic (exact) mass is 264 g/mol. The molecule has 104 valence electrons. The number of nitrogens with zero attached hydrogens (tertiary/aromatic N) is 2. The molecule has 0 spiro atoms. The van der Waals surface area contributed by atoms with E-state index in [-0.39, 0.29) is 17.3 Å². The Labute approximate surface area is 113 Å². The summed E-state index contributed by atoms with van der Waals surface area (Å²) in [4.78, 5) is 16.4. The van der Waals surface area contributed by atoms with E-state index in [0.717, 1.165) is 19.5 Å². The molecule has 5 heteroatoms. The zero-order valence-electron chi connectivity index (χ0n) is 11.3. The van der Waals surface area contributed by atoms with Gasteiger partial charge in [-0.25, -0.2) is 0 Å². The van der Waals surface area contributed by atoms with Gasteiger partial charge >= 0.3 is 0 Å². The zero-order valence-corrected chi connectivity index (χ0v) is 11.3. The Balaban J connectivity index is 1.96. The van der Waals surface area contributed by atoms with Crippen LogP contribution in [0.1, 0.15) is 16.8 Å². The van der Waals surface area contributed by atoms with Crippen LogP contribution >= 0.6 is 0 Å². The van der Waals surface area contributed by atoms with E-state index in [1.54, 1.807) is 0 Å². The first-order valence-electron chi connectivity index (χ1n) is 6.41. The molecule has 0 saturated carbocycles. The molecule has 1 unspecified atom stereocenters.